The second-order valence-electron chi connectivity index (χ2n) is 5.99. The topological polar surface area (TPSA) is 18.5 Å². The summed E-state index contributed by atoms with van der Waals surface area (Å²) in [4.78, 5) is 0. The molecule has 1 aliphatic rings. The fourth-order valence-corrected chi connectivity index (χ4v) is 5.27. The molecule has 2 aromatic rings. The van der Waals surface area contributed by atoms with Crippen LogP contribution in [0.2, 0.25) is 0 Å². The average Bonchev–Trinajstić information content (AvgIpc) is 2.78. The lowest BCUT2D eigenvalue weighted by atomic mass is 10.3. The molecule has 0 saturated carbocycles. The van der Waals surface area contributed by atoms with Crippen molar-refractivity contribution >= 4 is 18.5 Å². The molecule has 22 heavy (non-hydrogen) atoms. The first kappa shape index (κ1) is 15.7. The van der Waals surface area contributed by atoms with Gasteiger partial charge in [0.05, 0.1) is 12.2 Å². The van der Waals surface area contributed by atoms with E-state index in [0.29, 0.717) is 0 Å². The van der Waals surface area contributed by atoms with Crippen molar-refractivity contribution in [3.05, 3.63) is 67.6 Å². The van der Waals surface area contributed by atoms with Gasteiger partial charge in [0.2, 0.25) is 0 Å². The highest BCUT2D eigenvalue weighted by Gasteiger charge is 2.40. The van der Waals surface area contributed by atoms with Gasteiger partial charge in [-0.2, -0.15) is 0 Å². The van der Waals surface area contributed by atoms with Gasteiger partial charge in [-0.15, -0.1) is 0 Å². The second-order valence-corrected chi connectivity index (χ2v) is 8.25. The molecule has 1 fully saturated rings. The third-order valence-electron chi connectivity index (χ3n) is 3.78. The van der Waals surface area contributed by atoms with Crippen LogP contribution in [-0.4, -0.2) is 24.2 Å². The van der Waals surface area contributed by atoms with Crippen LogP contribution in [0.3, 0.4) is 0 Å². The Morgan fingerprint density at radius 2 is 1.41 bits per heavy atom. The lowest BCUT2D eigenvalue weighted by Gasteiger charge is -2.23. The number of rotatable bonds is 4. The lowest BCUT2D eigenvalue weighted by Crippen LogP contribution is -2.28. The maximum absolute atomic E-state index is 6.07. The highest BCUT2D eigenvalue weighted by Crippen LogP contribution is 2.39. The van der Waals surface area contributed by atoms with Crippen molar-refractivity contribution in [2.24, 2.45) is 0 Å². The van der Waals surface area contributed by atoms with E-state index in [4.69, 9.17) is 9.47 Å². The Balaban J connectivity index is 1.87. The molecular formula is C19H22O2P. The van der Waals surface area contributed by atoms with Gasteiger partial charge in [0.1, 0.15) is 0 Å². The first-order valence-corrected chi connectivity index (χ1v) is 9.14. The van der Waals surface area contributed by atoms with Crippen molar-refractivity contribution in [2.75, 3.05) is 6.16 Å². The van der Waals surface area contributed by atoms with Crippen LogP contribution in [0.1, 0.15) is 13.8 Å². The molecule has 115 valence electrons. The van der Waals surface area contributed by atoms with Gasteiger partial charge in [-0.05, 0) is 39.3 Å². The Morgan fingerprint density at radius 3 is 1.82 bits per heavy atom. The van der Waals surface area contributed by atoms with Gasteiger partial charge in [-0.1, -0.05) is 60.7 Å². The van der Waals surface area contributed by atoms with E-state index in [2.05, 4.69) is 67.6 Å². The van der Waals surface area contributed by atoms with E-state index in [1.807, 2.05) is 13.8 Å². The van der Waals surface area contributed by atoms with E-state index in [-0.39, 0.29) is 12.2 Å². The van der Waals surface area contributed by atoms with Crippen LogP contribution in [0.5, 0.6) is 0 Å². The minimum atomic E-state index is -0.536. The van der Waals surface area contributed by atoms with Gasteiger partial charge in [-0.25, -0.2) is 0 Å². The van der Waals surface area contributed by atoms with Crippen molar-refractivity contribution in [1.29, 1.82) is 0 Å². The molecule has 2 atom stereocenters. The minimum Gasteiger partial charge on any atom is -0.345 e. The third-order valence-corrected chi connectivity index (χ3v) is 6.35. The van der Waals surface area contributed by atoms with Crippen molar-refractivity contribution in [1.82, 2.24) is 0 Å². The van der Waals surface area contributed by atoms with Gasteiger partial charge in [0.25, 0.3) is 0 Å². The van der Waals surface area contributed by atoms with E-state index < -0.39 is 13.7 Å². The molecule has 0 amide bonds. The Morgan fingerprint density at radius 1 is 0.909 bits per heavy atom. The summed E-state index contributed by atoms with van der Waals surface area (Å²) in [7, 11) is -0.475. The maximum Gasteiger partial charge on any atom is 0.163 e. The van der Waals surface area contributed by atoms with Gasteiger partial charge in [-0.3, -0.25) is 0 Å². The molecule has 2 unspecified atom stereocenters. The van der Waals surface area contributed by atoms with Gasteiger partial charge >= 0.3 is 0 Å². The van der Waals surface area contributed by atoms with Crippen LogP contribution >= 0.6 is 7.92 Å². The summed E-state index contributed by atoms with van der Waals surface area (Å²) in [5.74, 6) is -0.536. The van der Waals surface area contributed by atoms with Crippen LogP contribution in [0, 0.1) is 6.92 Å². The van der Waals surface area contributed by atoms with Crippen molar-refractivity contribution in [2.45, 2.75) is 31.8 Å². The van der Waals surface area contributed by atoms with E-state index in [9.17, 15) is 0 Å². The van der Waals surface area contributed by atoms with Gasteiger partial charge in [0, 0.05) is 6.16 Å². The molecule has 0 aliphatic carbocycles. The van der Waals surface area contributed by atoms with Crippen molar-refractivity contribution in [3.63, 3.8) is 0 Å². The van der Waals surface area contributed by atoms with Crippen LogP contribution in [-0.2, 0) is 9.47 Å². The molecule has 0 N–H and O–H groups in total. The summed E-state index contributed by atoms with van der Waals surface area (Å²) in [5, 5.41) is 2.73. The van der Waals surface area contributed by atoms with E-state index in [1.54, 1.807) is 0 Å². The summed E-state index contributed by atoms with van der Waals surface area (Å²) in [5.41, 5.74) is 0. The summed E-state index contributed by atoms with van der Waals surface area (Å²) in [6.45, 7) is 8.03. The lowest BCUT2D eigenvalue weighted by molar-refractivity contribution is -0.141. The molecule has 0 aromatic heterocycles. The largest absolute Gasteiger partial charge is 0.345 e. The summed E-state index contributed by atoms with van der Waals surface area (Å²) in [6, 6.07) is 21.4. The number of ether oxygens (including phenoxy) is 2. The molecule has 1 aliphatic heterocycles. The van der Waals surface area contributed by atoms with Crippen LogP contribution in [0.15, 0.2) is 60.7 Å². The van der Waals surface area contributed by atoms with E-state index >= 15 is 0 Å². The molecule has 2 nitrogen and oxygen atoms in total. The molecule has 1 saturated heterocycles. The fourth-order valence-electron chi connectivity index (χ4n) is 2.82. The quantitative estimate of drug-likeness (QED) is 0.805. The molecule has 3 rings (SSSR count). The minimum absolute atomic E-state index is 0.0292. The number of hydrogen-bond donors (Lipinski definition) is 0. The average molecular weight is 313 g/mol. The Bertz CT molecular complexity index is 558. The fraction of sp³-hybridized carbons (Fsp3) is 0.316. The van der Waals surface area contributed by atoms with E-state index in [1.165, 1.54) is 10.6 Å². The number of hydrogen-bond acceptors (Lipinski definition) is 2. The molecule has 2 aromatic carbocycles. The molecule has 1 radical (unpaired) electrons. The summed E-state index contributed by atoms with van der Waals surface area (Å²) < 4.78 is 11.9. The van der Waals surface area contributed by atoms with Gasteiger partial charge < -0.3 is 9.47 Å². The monoisotopic (exact) mass is 313 g/mol. The maximum atomic E-state index is 6.07. The summed E-state index contributed by atoms with van der Waals surface area (Å²) in [6.07, 6.45) is 0.843. The Hall–Kier alpha value is -1.21. The number of benzene rings is 2. The predicted octanol–water partition coefficient (Wildman–Crippen LogP) is 3.47. The smallest absolute Gasteiger partial charge is 0.163 e. The molecular weight excluding hydrogens is 291 g/mol. The summed E-state index contributed by atoms with van der Waals surface area (Å²) >= 11 is 0. The Labute approximate surface area is 134 Å². The molecule has 0 spiro atoms. The van der Waals surface area contributed by atoms with Gasteiger partial charge in [0.15, 0.2) is 5.79 Å². The molecule has 1 heterocycles. The second kappa shape index (κ2) is 6.50. The normalized spacial score (nSPS) is 23.8. The zero-order valence-electron chi connectivity index (χ0n) is 13.1. The first-order valence-electron chi connectivity index (χ1n) is 7.61. The van der Waals surface area contributed by atoms with Crippen LogP contribution < -0.4 is 10.6 Å². The van der Waals surface area contributed by atoms with Crippen LogP contribution in [0.25, 0.3) is 0 Å². The highest BCUT2D eigenvalue weighted by atomic mass is 31.1. The molecule has 0 bridgehead atoms. The van der Waals surface area contributed by atoms with Crippen molar-refractivity contribution in [3.8, 4) is 0 Å². The highest BCUT2D eigenvalue weighted by molar-refractivity contribution is 7.73. The Kier molecular flexibility index (Phi) is 4.63. The van der Waals surface area contributed by atoms with E-state index in [0.717, 1.165) is 6.16 Å². The standard InChI is InChI=1S/C19H22O2P/c1-15-18(21-19(2,3)20-15)14-22(16-10-6-4-7-11-16)17-12-8-5-9-13-17/h4-13,15,18H,1,14H2,2-3H3. The predicted molar refractivity (Wildman–Crippen MR) is 93.1 cm³/mol. The first-order chi connectivity index (χ1) is 10.6. The third kappa shape index (κ3) is 3.57. The van der Waals surface area contributed by atoms with Crippen molar-refractivity contribution < 1.29 is 9.47 Å². The molecule has 3 heteroatoms. The van der Waals surface area contributed by atoms with Crippen LogP contribution in [0.4, 0.5) is 0 Å². The zero-order chi connectivity index (χ0) is 15.6. The zero-order valence-corrected chi connectivity index (χ0v) is 14.0. The SMILES string of the molecule is [CH2]C1OC(C)(C)OC1CP(c1ccccc1)c1ccccc1.